The van der Waals surface area contributed by atoms with E-state index < -0.39 is 17.7 Å². The molecule has 3 aromatic heterocycles. The first kappa shape index (κ1) is 27.0. The second-order valence-corrected chi connectivity index (χ2v) is 11.2. The van der Waals surface area contributed by atoms with Crippen molar-refractivity contribution in [1.29, 1.82) is 0 Å². The Hall–Kier alpha value is -4.19. The Bertz CT molecular complexity index is 1610. The summed E-state index contributed by atoms with van der Waals surface area (Å²) in [5.74, 6) is 0.559. The lowest BCUT2D eigenvalue weighted by molar-refractivity contribution is 0.0954. The lowest BCUT2D eigenvalue weighted by Gasteiger charge is -2.34. The molecule has 0 spiro atoms. The number of fused-ring (bicyclic) bond motifs is 2. The van der Waals surface area contributed by atoms with Gasteiger partial charge in [0.1, 0.15) is 23.0 Å². The molecule has 0 radical (unpaired) electrons. The normalized spacial score (nSPS) is 19.2. The quantitative estimate of drug-likeness (QED) is 0.323. The highest BCUT2D eigenvalue weighted by molar-refractivity contribution is 5.84. The van der Waals surface area contributed by atoms with Crippen LogP contribution in [0.4, 0.5) is 25.3 Å². The molecule has 6 rings (SSSR count). The van der Waals surface area contributed by atoms with Crippen molar-refractivity contribution in [2.24, 2.45) is 5.92 Å². The number of likely N-dealkylation sites (tertiary alicyclic amines) is 2. The second-order valence-electron chi connectivity index (χ2n) is 11.2. The van der Waals surface area contributed by atoms with E-state index in [9.17, 15) is 14.3 Å². The van der Waals surface area contributed by atoms with Crippen LogP contribution in [0, 0.1) is 24.5 Å². The third-order valence-corrected chi connectivity index (χ3v) is 8.06. The van der Waals surface area contributed by atoms with E-state index in [0.717, 1.165) is 31.1 Å². The van der Waals surface area contributed by atoms with Gasteiger partial charge in [0.05, 0.1) is 17.8 Å². The minimum Gasteiger partial charge on any atom is -0.465 e. The van der Waals surface area contributed by atoms with Gasteiger partial charge in [0.15, 0.2) is 5.82 Å². The Morgan fingerprint density at radius 1 is 1.10 bits per heavy atom. The molecular formula is C29H32F2N8O2. The summed E-state index contributed by atoms with van der Waals surface area (Å²) in [7, 11) is 0. The maximum absolute atomic E-state index is 15.0. The van der Waals surface area contributed by atoms with E-state index in [4.69, 9.17) is 0 Å². The monoisotopic (exact) mass is 562 g/mol. The van der Waals surface area contributed by atoms with Gasteiger partial charge in [-0.25, -0.2) is 33.5 Å². The third-order valence-electron chi connectivity index (χ3n) is 8.06. The smallest absolute Gasteiger partial charge is 0.407 e. The molecule has 12 heteroatoms. The number of aromatic nitrogens is 5. The van der Waals surface area contributed by atoms with E-state index >= 15 is 4.39 Å². The van der Waals surface area contributed by atoms with E-state index in [0.29, 0.717) is 54.2 Å². The molecule has 2 fully saturated rings. The fraction of sp³-hybridized carbons (Fsp3) is 0.414. The predicted molar refractivity (Wildman–Crippen MR) is 150 cm³/mol. The summed E-state index contributed by atoms with van der Waals surface area (Å²) in [6, 6.07) is 4.64. The van der Waals surface area contributed by atoms with Crippen molar-refractivity contribution < 1.29 is 18.7 Å². The average molecular weight is 563 g/mol. The lowest BCUT2D eigenvalue weighted by Crippen LogP contribution is -2.47. The molecule has 2 aliphatic rings. The number of nitrogens with one attached hydrogen (secondary N) is 1. The van der Waals surface area contributed by atoms with Crippen molar-refractivity contribution in [3.63, 3.8) is 0 Å². The molecule has 10 nitrogen and oxygen atoms in total. The molecule has 0 bridgehead atoms. The van der Waals surface area contributed by atoms with Crippen molar-refractivity contribution in [2.75, 3.05) is 25.0 Å². The Balaban J connectivity index is 1.18. The summed E-state index contributed by atoms with van der Waals surface area (Å²) in [5, 5.41) is 12.5. The van der Waals surface area contributed by atoms with E-state index in [1.807, 2.05) is 25.3 Å². The van der Waals surface area contributed by atoms with Crippen molar-refractivity contribution >= 4 is 28.9 Å². The van der Waals surface area contributed by atoms with E-state index in [1.165, 1.54) is 12.1 Å². The summed E-state index contributed by atoms with van der Waals surface area (Å²) in [4.78, 5) is 32.7. The fourth-order valence-corrected chi connectivity index (χ4v) is 6.31. The number of imidazole rings is 1. The van der Waals surface area contributed by atoms with Crippen molar-refractivity contribution in [2.45, 2.75) is 52.2 Å². The SMILES string of the molecule is Cc1nc2c(F)cc(-c3cc(Nc4ncc(CN5C[C@H]6CCCN(C(=O)O)[C@H]6C5)cn4)ncc3F)cc2n1C(C)C. The number of nitrogens with zero attached hydrogens (tertiary/aromatic N) is 7. The number of benzene rings is 1. The molecule has 1 amide bonds. The van der Waals surface area contributed by atoms with E-state index in [2.05, 4.69) is 30.2 Å². The number of anilines is 2. The number of piperidine rings is 1. The highest BCUT2D eigenvalue weighted by atomic mass is 19.1. The van der Waals surface area contributed by atoms with Crippen LogP contribution in [0.1, 0.15) is 44.1 Å². The molecule has 0 aliphatic carbocycles. The van der Waals surface area contributed by atoms with E-state index in [-0.39, 0.29) is 23.2 Å². The molecule has 41 heavy (non-hydrogen) atoms. The predicted octanol–water partition coefficient (Wildman–Crippen LogP) is 5.37. The Labute approximate surface area is 236 Å². The molecule has 5 heterocycles. The van der Waals surface area contributed by atoms with Gasteiger partial charge in [0.25, 0.3) is 0 Å². The van der Waals surface area contributed by atoms with Gasteiger partial charge in [-0.3, -0.25) is 4.90 Å². The van der Waals surface area contributed by atoms with Gasteiger partial charge < -0.3 is 19.9 Å². The summed E-state index contributed by atoms with van der Waals surface area (Å²) < 4.78 is 31.8. The lowest BCUT2D eigenvalue weighted by atomic mass is 9.92. The van der Waals surface area contributed by atoms with Crippen LogP contribution >= 0.6 is 0 Å². The minimum atomic E-state index is -0.846. The first-order chi connectivity index (χ1) is 19.7. The zero-order valence-electron chi connectivity index (χ0n) is 23.2. The number of rotatable bonds is 6. The number of halogens is 2. The summed E-state index contributed by atoms with van der Waals surface area (Å²) in [6.45, 7) is 8.57. The largest absolute Gasteiger partial charge is 0.465 e. The van der Waals surface area contributed by atoms with Crippen LogP contribution < -0.4 is 5.32 Å². The number of carbonyl (C=O) groups is 1. The van der Waals surface area contributed by atoms with Gasteiger partial charge in [-0.15, -0.1) is 0 Å². The maximum Gasteiger partial charge on any atom is 0.407 e. The van der Waals surface area contributed by atoms with E-state index in [1.54, 1.807) is 23.4 Å². The summed E-state index contributed by atoms with van der Waals surface area (Å²) in [6.07, 6.45) is 5.62. The van der Waals surface area contributed by atoms with Crippen LogP contribution in [0.2, 0.25) is 0 Å². The van der Waals surface area contributed by atoms with Crippen LogP contribution in [-0.2, 0) is 6.54 Å². The van der Waals surface area contributed by atoms with Crippen molar-refractivity contribution in [1.82, 2.24) is 34.3 Å². The number of amides is 1. The Morgan fingerprint density at radius 2 is 1.88 bits per heavy atom. The molecule has 2 N–H and O–H groups in total. The molecule has 0 saturated carbocycles. The van der Waals surface area contributed by atoms with Crippen LogP contribution in [0.25, 0.3) is 22.2 Å². The van der Waals surface area contributed by atoms with Gasteiger partial charge >= 0.3 is 6.09 Å². The molecule has 2 atom stereocenters. The zero-order valence-corrected chi connectivity index (χ0v) is 23.2. The topological polar surface area (TPSA) is 112 Å². The number of pyridine rings is 1. The first-order valence-electron chi connectivity index (χ1n) is 13.8. The van der Waals surface area contributed by atoms with Crippen LogP contribution in [-0.4, -0.2) is 71.2 Å². The number of hydrogen-bond acceptors (Lipinski definition) is 7. The summed E-state index contributed by atoms with van der Waals surface area (Å²) >= 11 is 0. The van der Waals surface area contributed by atoms with Gasteiger partial charge in [-0.05, 0) is 63.3 Å². The molecule has 214 valence electrons. The second kappa shape index (κ2) is 10.7. The van der Waals surface area contributed by atoms with Crippen LogP contribution in [0.5, 0.6) is 0 Å². The molecule has 2 aliphatic heterocycles. The average Bonchev–Trinajstić information content (AvgIpc) is 3.50. The van der Waals surface area contributed by atoms with Crippen molar-refractivity contribution in [3.05, 3.63) is 59.8 Å². The highest BCUT2D eigenvalue weighted by Gasteiger charge is 2.40. The Kier molecular flexibility index (Phi) is 7.02. The number of aryl methyl sites for hydroxylation is 1. The number of carboxylic acid groups (broad SMARTS) is 1. The Morgan fingerprint density at radius 3 is 2.61 bits per heavy atom. The fourth-order valence-electron chi connectivity index (χ4n) is 6.31. The van der Waals surface area contributed by atoms with Gasteiger partial charge in [0, 0.05) is 55.7 Å². The molecule has 2 saturated heterocycles. The maximum atomic E-state index is 15.0. The molecule has 0 unspecified atom stereocenters. The third kappa shape index (κ3) is 5.19. The highest BCUT2D eigenvalue weighted by Crippen LogP contribution is 2.33. The number of hydrogen-bond donors (Lipinski definition) is 2. The van der Waals surface area contributed by atoms with Crippen LogP contribution in [0.15, 0.2) is 36.8 Å². The molecular weight excluding hydrogens is 530 g/mol. The first-order valence-corrected chi connectivity index (χ1v) is 13.8. The molecule has 1 aromatic carbocycles. The standard InChI is InChI=1S/C29H32F2N8O2/c1-16(2)39-17(3)35-27-22(30)7-20(8-24(27)39)21-9-26(32-12-23(21)31)36-28-33-10-18(11-34-28)13-37-14-19-5-4-6-38(29(40)41)25(19)15-37/h7-12,16,19,25H,4-6,13-15H2,1-3H3,(H,40,41)(H,32,33,34,36)/t19-,25+/m1/s1. The minimum absolute atomic E-state index is 0.0333. The zero-order chi connectivity index (χ0) is 28.8. The van der Waals surface area contributed by atoms with Gasteiger partial charge in [0.2, 0.25) is 5.95 Å². The van der Waals surface area contributed by atoms with Crippen LogP contribution in [0.3, 0.4) is 0 Å². The molecule has 4 aromatic rings. The van der Waals surface area contributed by atoms with Gasteiger partial charge in [-0.2, -0.15) is 0 Å². The van der Waals surface area contributed by atoms with Crippen molar-refractivity contribution in [3.8, 4) is 11.1 Å². The van der Waals surface area contributed by atoms with Gasteiger partial charge in [-0.1, -0.05) is 0 Å². The summed E-state index contributed by atoms with van der Waals surface area (Å²) in [5.41, 5.74) is 2.34.